The molecule has 0 heterocycles. The van der Waals surface area contributed by atoms with Crippen molar-refractivity contribution < 1.29 is 31.2 Å². The van der Waals surface area contributed by atoms with Crippen LogP contribution in [-0.4, -0.2) is 43.8 Å². The minimum Gasteiger partial charge on any atom is -0.352 e. The molecule has 1 saturated carbocycles. The number of nitrogens with zero attached hydrogens (tertiary/aromatic N) is 2. The maximum atomic E-state index is 13.9. The van der Waals surface area contributed by atoms with Crippen LogP contribution in [0.15, 0.2) is 83.8 Å². The molecule has 1 atom stereocenters. The molecule has 0 aromatic heterocycles. The van der Waals surface area contributed by atoms with Crippen LogP contribution >= 0.6 is 0 Å². The van der Waals surface area contributed by atoms with Gasteiger partial charge in [0.1, 0.15) is 12.6 Å². The predicted molar refractivity (Wildman–Crippen MR) is 154 cm³/mol. The average Bonchev–Trinajstić information content (AvgIpc) is 3.47. The van der Waals surface area contributed by atoms with Crippen molar-refractivity contribution in [2.45, 2.75) is 69.2 Å². The number of hydrogen-bond donors (Lipinski definition) is 1. The highest BCUT2D eigenvalue weighted by Crippen LogP contribution is 2.33. The molecule has 1 fully saturated rings. The Kier molecular flexibility index (Phi) is 9.60. The Morgan fingerprint density at radius 2 is 1.60 bits per heavy atom. The van der Waals surface area contributed by atoms with E-state index >= 15 is 0 Å². The molecule has 224 valence electrons. The van der Waals surface area contributed by atoms with E-state index in [1.165, 1.54) is 23.1 Å². The summed E-state index contributed by atoms with van der Waals surface area (Å²) in [6.45, 7) is 2.52. The first-order valence-electron chi connectivity index (χ1n) is 13.8. The van der Waals surface area contributed by atoms with Crippen molar-refractivity contribution in [1.82, 2.24) is 10.2 Å². The minimum atomic E-state index is -4.73. The number of carbonyl (C=O) groups is 2. The van der Waals surface area contributed by atoms with Crippen molar-refractivity contribution in [1.29, 1.82) is 0 Å². The molecule has 4 rings (SSSR count). The molecule has 1 unspecified atom stereocenters. The monoisotopic (exact) mass is 601 g/mol. The van der Waals surface area contributed by atoms with E-state index in [4.69, 9.17) is 0 Å². The fraction of sp³-hybridized carbons (Fsp3) is 0.355. The zero-order chi connectivity index (χ0) is 30.5. The summed E-state index contributed by atoms with van der Waals surface area (Å²) in [5, 5.41) is 2.98. The first-order chi connectivity index (χ1) is 19.9. The van der Waals surface area contributed by atoms with E-state index in [0.717, 1.165) is 43.4 Å². The van der Waals surface area contributed by atoms with Crippen molar-refractivity contribution in [3.05, 3.63) is 95.6 Å². The molecule has 3 aromatic carbocycles. The SMILES string of the molecule is Cc1ccc(S(=O)(=O)N(CC(=O)N(Cc2ccccc2)C(C)C(=O)NC2CCCC2)c2cccc(C(F)(F)F)c2)cc1. The maximum Gasteiger partial charge on any atom is 0.416 e. The zero-order valence-corrected chi connectivity index (χ0v) is 24.3. The summed E-state index contributed by atoms with van der Waals surface area (Å²) in [5.74, 6) is -1.11. The summed E-state index contributed by atoms with van der Waals surface area (Å²) in [6.07, 6.45) is -1.07. The molecule has 0 saturated heterocycles. The second-order valence-electron chi connectivity index (χ2n) is 10.5. The number of hydrogen-bond acceptors (Lipinski definition) is 4. The molecule has 11 heteroatoms. The number of rotatable bonds is 10. The first kappa shape index (κ1) is 31.1. The summed E-state index contributed by atoms with van der Waals surface area (Å²) in [5.41, 5.74) is 0.119. The van der Waals surface area contributed by atoms with Gasteiger partial charge in [0.2, 0.25) is 11.8 Å². The van der Waals surface area contributed by atoms with Crippen LogP contribution in [0, 0.1) is 6.92 Å². The third-order valence-corrected chi connectivity index (χ3v) is 9.20. The van der Waals surface area contributed by atoms with Crippen molar-refractivity contribution in [3.63, 3.8) is 0 Å². The number of alkyl halides is 3. The Bertz CT molecular complexity index is 1490. The molecule has 3 aromatic rings. The third-order valence-electron chi connectivity index (χ3n) is 7.41. The smallest absolute Gasteiger partial charge is 0.352 e. The van der Waals surface area contributed by atoms with E-state index in [1.807, 2.05) is 0 Å². The Labute approximate surface area is 244 Å². The van der Waals surface area contributed by atoms with Crippen molar-refractivity contribution >= 4 is 27.5 Å². The Hall–Kier alpha value is -3.86. The van der Waals surface area contributed by atoms with Crippen LogP contribution in [0.3, 0.4) is 0 Å². The molecule has 1 N–H and O–H groups in total. The maximum absolute atomic E-state index is 13.9. The largest absolute Gasteiger partial charge is 0.416 e. The fourth-order valence-corrected chi connectivity index (χ4v) is 6.36. The van der Waals surface area contributed by atoms with Gasteiger partial charge in [-0.1, -0.05) is 66.9 Å². The van der Waals surface area contributed by atoms with Crippen molar-refractivity contribution in [2.24, 2.45) is 0 Å². The highest BCUT2D eigenvalue weighted by molar-refractivity contribution is 7.92. The second kappa shape index (κ2) is 13.0. The van der Waals surface area contributed by atoms with Gasteiger partial charge in [0.15, 0.2) is 0 Å². The topological polar surface area (TPSA) is 86.8 Å². The highest BCUT2D eigenvalue weighted by Gasteiger charge is 2.35. The van der Waals surface area contributed by atoms with Crippen LogP contribution in [-0.2, 0) is 32.3 Å². The van der Waals surface area contributed by atoms with Gasteiger partial charge in [-0.3, -0.25) is 13.9 Å². The minimum absolute atomic E-state index is 0.0000627. The van der Waals surface area contributed by atoms with Gasteiger partial charge in [0.05, 0.1) is 16.1 Å². The van der Waals surface area contributed by atoms with Crippen LogP contribution in [0.2, 0.25) is 0 Å². The molecule has 0 bridgehead atoms. The molecule has 7 nitrogen and oxygen atoms in total. The lowest BCUT2D eigenvalue weighted by Crippen LogP contribution is -2.52. The van der Waals surface area contributed by atoms with E-state index in [0.29, 0.717) is 15.9 Å². The number of amides is 2. The number of halogens is 3. The summed E-state index contributed by atoms with van der Waals surface area (Å²) >= 11 is 0. The van der Waals surface area contributed by atoms with E-state index < -0.39 is 40.3 Å². The summed E-state index contributed by atoms with van der Waals surface area (Å²) < 4.78 is 69.2. The summed E-state index contributed by atoms with van der Waals surface area (Å²) in [7, 11) is -4.48. The second-order valence-corrected chi connectivity index (χ2v) is 12.4. The lowest BCUT2D eigenvalue weighted by molar-refractivity contribution is -0.139. The molecular formula is C31H34F3N3O4S. The van der Waals surface area contributed by atoms with E-state index in [-0.39, 0.29) is 29.1 Å². The van der Waals surface area contributed by atoms with E-state index in [2.05, 4.69) is 5.32 Å². The lowest BCUT2D eigenvalue weighted by atomic mass is 10.1. The standard InChI is InChI=1S/C31H34F3N3O4S/c1-22-15-17-28(18-16-22)42(40,41)37(27-14-8-11-25(19-27)31(32,33)34)21-29(38)36(20-24-9-4-3-5-10-24)23(2)30(39)35-26-12-6-7-13-26/h3-5,8-11,14-19,23,26H,6-7,12-13,20-21H2,1-2H3,(H,35,39). The van der Waals surface area contributed by atoms with Gasteiger partial charge < -0.3 is 10.2 Å². The normalized spacial score (nSPS) is 14.8. The summed E-state index contributed by atoms with van der Waals surface area (Å²) in [4.78, 5) is 28.3. The number of nitrogens with one attached hydrogen (secondary N) is 1. The number of sulfonamides is 1. The first-order valence-corrected chi connectivity index (χ1v) is 15.2. The highest BCUT2D eigenvalue weighted by atomic mass is 32.2. The van der Waals surface area contributed by atoms with Crippen LogP contribution in [0.5, 0.6) is 0 Å². The Morgan fingerprint density at radius 3 is 2.21 bits per heavy atom. The number of carbonyl (C=O) groups excluding carboxylic acids is 2. The fourth-order valence-electron chi connectivity index (χ4n) is 4.96. The third kappa shape index (κ3) is 7.50. The summed E-state index contributed by atoms with van der Waals surface area (Å²) in [6, 6.07) is 17.6. The molecule has 0 aliphatic heterocycles. The van der Waals surface area contributed by atoms with Gasteiger partial charge in [-0.25, -0.2) is 8.42 Å². The molecule has 0 spiro atoms. The van der Waals surface area contributed by atoms with E-state index in [1.54, 1.807) is 56.3 Å². The van der Waals surface area contributed by atoms with Gasteiger partial charge in [0, 0.05) is 12.6 Å². The Morgan fingerprint density at radius 1 is 0.952 bits per heavy atom. The quantitative estimate of drug-likeness (QED) is 0.324. The zero-order valence-electron chi connectivity index (χ0n) is 23.5. The number of aryl methyl sites for hydroxylation is 1. The van der Waals surface area contributed by atoms with Gasteiger partial charge in [-0.2, -0.15) is 13.2 Å². The van der Waals surface area contributed by atoms with Gasteiger partial charge in [-0.15, -0.1) is 0 Å². The molecule has 1 aliphatic rings. The Balaban J connectivity index is 1.72. The van der Waals surface area contributed by atoms with Crippen molar-refractivity contribution in [3.8, 4) is 0 Å². The van der Waals surface area contributed by atoms with Gasteiger partial charge in [0.25, 0.3) is 10.0 Å². The van der Waals surface area contributed by atoms with E-state index in [9.17, 15) is 31.2 Å². The molecule has 2 amide bonds. The average molecular weight is 602 g/mol. The van der Waals surface area contributed by atoms with Crippen LogP contribution in [0.4, 0.5) is 18.9 Å². The molecule has 0 radical (unpaired) electrons. The van der Waals surface area contributed by atoms with Crippen LogP contribution in [0.1, 0.15) is 49.3 Å². The van der Waals surface area contributed by atoms with Crippen LogP contribution < -0.4 is 9.62 Å². The number of benzene rings is 3. The lowest BCUT2D eigenvalue weighted by Gasteiger charge is -2.32. The predicted octanol–water partition coefficient (Wildman–Crippen LogP) is 5.69. The van der Waals surface area contributed by atoms with Crippen molar-refractivity contribution in [2.75, 3.05) is 10.8 Å². The number of anilines is 1. The van der Waals surface area contributed by atoms with Crippen LogP contribution in [0.25, 0.3) is 0 Å². The molecule has 1 aliphatic carbocycles. The molecule has 42 heavy (non-hydrogen) atoms. The van der Waals surface area contributed by atoms with Gasteiger partial charge >= 0.3 is 6.18 Å². The van der Waals surface area contributed by atoms with Gasteiger partial charge in [-0.05, 0) is 62.6 Å². The molecular weight excluding hydrogens is 567 g/mol.